The average molecular weight is 364 g/mol. The lowest BCUT2D eigenvalue weighted by Gasteiger charge is -2.12. The second-order valence-corrected chi connectivity index (χ2v) is 5.92. The second-order valence-electron chi connectivity index (χ2n) is 5.14. The van der Waals surface area contributed by atoms with Gasteiger partial charge in [-0.1, -0.05) is 0 Å². The number of thiophene rings is 1. The number of rotatable bonds is 7. The molecule has 3 N–H and O–H groups in total. The van der Waals surface area contributed by atoms with E-state index in [4.69, 9.17) is 9.47 Å². The number of nitrogens with one attached hydrogen (secondary N) is 2. The van der Waals surface area contributed by atoms with E-state index in [1.165, 1.54) is 25.6 Å². The van der Waals surface area contributed by atoms with Gasteiger partial charge in [-0.05, 0) is 40.9 Å². The van der Waals surface area contributed by atoms with Crippen LogP contribution in [0.25, 0.3) is 0 Å². The van der Waals surface area contributed by atoms with Gasteiger partial charge in [0.1, 0.15) is 11.5 Å². The molecule has 1 atom stereocenters. The number of aliphatic hydroxyl groups is 1. The molecule has 8 heteroatoms. The Hall–Kier alpha value is -2.58. The number of amides is 2. The first-order valence-corrected chi connectivity index (χ1v) is 8.50. The van der Waals surface area contributed by atoms with Crippen molar-refractivity contribution in [2.75, 3.05) is 26.1 Å². The summed E-state index contributed by atoms with van der Waals surface area (Å²) < 4.78 is 10.2. The molecule has 0 bridgehead atoms. The lowest BCUT2D eigenvalue weighted by molar-refractivity contribution is -0.136. The number of hydrogen-bond donors (Lipinski definition) is 3. The SMILES string of the molecule is COc1ccc(OC)c(NC(=O)C(=O)NCCC(O)c2ccsc2)c1. The van der Waals surface area contributed by atoms with Crippen molar-refractivity contribution in [3.8, 4) is 11.5 Å². The molecule has 134 valence electrons. The maximum atomic E-state index is 12.0. The van der Waals surface area contributed by atoms with Crippen molar-refractivity contribution in [2.45, 2.75) is 12.5 Å². The van der Waals surface area contributed by atoms with Crippen LogP contribution in [0.1, 0.15) is 18.1 Å². The highest BCUT2D eigenvalue weighted by Crippen LogP contribution is 2.28. The van der Waals surface area contributed by atoms with Crippen molar-refractivity contribution >= 4 is 28.8 Å². The zero-order valence-electron chi connectivity index (χ0n) is 13.9. The van der Waals surface area contributed by atoms with Crippen LogP contribution >= 0.6 is 11.3 Å². The minimum atomic E-state index is -0.823. The summed E-state index contributed by atoms with van der Waals surface area (Å²) in [5.74, 6) is -0.677. The zero-order chi connectivity index (χ0) is 18.2. The van der Waals surface area contributed by atoms with Crippen LogP contribution < -0.4 is 20.1 Å². The molecule has 7 nitrogen and oxygen atoms in total. The van der Waals surface area contributed by atoms with Gasteiger partial charge >= 0.3 is 11.8 Å². The normalized spacial score (nSPS) is 11.5. The Morgan fingerprint density at radius 1 is 1.20 bits per heavy atom. The van der Waals surface area contributed by atoms with Gasteiger partial charge in [-0.3, -0.25) is 9.59 Å². The van der Waals surface area contributed by atoms with Gasteiger partial charge in [0.25, 0.3) is 0 Å². The van der Waals surface area contributed by atoms with E-state index in [0.717, 1.165) is 5.56 Å². The summed E-state index contributed by atoms with van der Waals surface area (Å²) in [5.41, 5.74) is 1.13. The lowest BCUT2D eigenvalue weighted by atomic mass is 10.1. The van der Waals surface area contributed by atoms with E-state index >= 15 is 0 Å². The van der Waals surface area contributed by atoms with Gasteiger partial charge in [0.05, 0.1) is 26.0 Å². The number of benzene rings is 1. The summed E-state index contributed by atoms with van der Waals surface area (Å²) in [5, 5.41) is 18.6. The summed E-state index contributed by atoms with van der Waals surface area (Å²) >= 11 is 1.49. The summed E-state index contributed by atoms with van der Waals surface area (Å²) in [4.78, 5) is 23.9. The Labute approximate surface area is 149 Å². The van der Waals surface area contributed by atoms with E-state index in [-0.39, 0.29) is 6.54 Å². The van der Waals surface area contributed by atoms with E-state index in [1.807, 2.05) is 16.8 Å². The summed E-state index contributed by atoms with van der Waals surface area (Å²) in [6.45, 7) is 0.179. The molecule has 25 heavy (non-hydrogen) atoms. The van der Waals surface area contributed by atoms with E-state index in [1.54, 1.807) is 18.2 Å². The van der Waals surface area contributed by atoms with Crippen LogP contribution in [0.15, 0.2) is 35.0 Å². The lowest BCUT2D eigenvalue weighted by Crippen LogP contribution is -2.36. The van der Waals surface area contributed by atoms with Gasteiger partial charge in [-0.25, -0.2) is 0 Å². The number of hydrogen-bond acceptors (Lipinski definition) is 6. The van der Waals surface area contributed by atoms with Crippen LogP contribution in [-0.2, 0) is 9.59 Å². The molecule has 0 saturated heterocycles. The summed E-state index contributed by atoms with van der Waals surface area (Å²) in [6, 6.07) is 6.69. The maximum Gasteiger partial charge on any atom is 0.313 e. The molecule has 0 fully saturated rings. The number of methoxy groups -OCH3 is 2. The van der Waals surface area contributed by atoms with Crippen LogP contribution in [0.5, 0.6) is 11.5 Å². The van der Waals surface area contributed by atoms with E-state index in [9.17, 15) is 14.7 Å². The highest BCUT2D eigenvalue weighted by atomic mass is 32.1. The van der Waals surface area contributed by atoms with Crippen molar-refractivity contribution in [3.63, 3.8) is 0 Å². The quantitative estimate of drug-likeness (QED) is 0.653. The first kappa shape index (κ1) is 18.8. The number of anilines is 1. The summed E-state index contributed by atoms with van der Waals surface area (Å²) in [7, 11) is 2.96. The fourth-order valence-electron chi connectivity index (χ4n) is 2.12. The monoisotopic (exact) mass is 364 g/mol. The minimum Gasteiger partial charge on any atom is -0.497 e. The molecular weight excluding hydrogens is 344 g/mol. The number of carbonyl (C=O) groups excluding carboxylic acids is 2. The van der Waals surface area contributed by atoms with Crippen molar-refractivity contribution < 1.29 is 24.2 Å². The van der Waals surface area contributed by atoms with Crippen LogP contribution in [-0.4, -0.2) is 37.7 Å². The first-order chi connectivity index (χ1) is 12.0. The van der Waals surface area contributed by atoms with Gasteiger partial charge < -0.3 is 25.2 Å². The van der Waals surface area contributed by atoms with Crippen molar-refractivity contribution in [2.24, 2.45) is 0 Å². The fraction of sp³-hybridized carbons (Fsp3) is 0.294. The molecule has 1 aromatic heterocycles. The maximum absolute atomic E-state index is 12.0. The van der Waals surface area contributed by atoms with Crippen molar-refractivity contribution in [1.82, 2.24) is 5.32 Å². The molecule has 2 rings (SSSR count). The number of carbonyl (C=O) groups is 2. The minimum absolute atomic E-state index is 0.179. The van der Waals surface area contributed by atoms with Gasteiger partial charge in [0, 0.05) is 12.6 Å². The molecule has 1 heterocycles. The highest BCUT2D eigenvalue weighted by molar-refractivity contribution is 7.07. The third-order valence-corrected chi connectivity index (χ3v) is 4.19. The highest BCUT2D eigenvalue weighted by Gasteiger charge is 2.17. The van der Waals surface area contributed by atoms with Gasteiger partial charge in [0.2, 0.25) is 0 Å². The topological polar surface area (TPSA) is 96.9 Å². The van der Waals surface area contributed by atoms with Gasteiger partial charge in [0.15, 0.2) is 0 Å². The van der Waals surface area contributed by atoms with Crippen LogP contribution in [0, 0.1) is 0 Å². The van der Waals surface area contributed by atoms with Gasteiger partial charge in [-0.2, -0.15) is 11.3 Å². The largest absolute Gasteiger partial charge is 0.497 e. The summed E-state index contributed by atoms with van der Waals surface area (Å²) in [6.07, 6.45) is -0.355. The molecule has 0 aliphatic heterocycles. The molecule has 0 aliphatic carbocycles. The second kappa shape index (κ2) is 9.05. The van der Waals surface area contributed by atoms with E-state index < -0.39 is 17.9 Å². The Bertz CT molecular complexity index is 718. The molecule has 0 spiro atoms. The zero-order valence-corrected chi connectivity index (χ0v) is 14.8. The number of ether oxygens (including phenoxy) is 2. The standard InChI is InChI=1S/C17H20N2O5S/c1-23-12-3-4-15(24-2)13(9-12)19-17(22)16(21)18-7-5-14(20)11-6-8-25-10-11/h3-4,6,8-10,14,20H,5,7H2,1-2H3,(H,18,21)(H,19,22). The average Bonchev–Trinajstić information content (AvgIpc) is 3.16. The Morgan fingerprint density at radius 2 is 2.00 bits per heavy atom. The predicted octanol–water partition coefficient (Wildman–Crippen LogP) is 1.94. The molecule has 0 radical (unpaired) electrons. The van der Waals surface area contributed by atoms with Crippen LogP contribution in [0.3, 0.4) is 0 Å². The molecule has 0 aliphatic rings. The van der Waals surface area contributed by atoms with Gasteiger partial charge in [-0.15, -0.1) is 0 Å². The predicted molar refractivity (Wildman–Crippen MR) is 95.1 cm³/mol. The van der Waals surface area contributed by atoms with E-state index in [2.05, 4.69) is 10.6 Å². The molecule has 2 aromatic rings. The fourth-order valence-corrected chi connectivity index (χ4v) is 2.83. The molecule has 0 saturated carbocycles. The Kier molecular flexibility index (Phi) is 6.79. The van der Waals surface area contributed by atoms with E-state index in [0.29, 0.717) is 23.6 Å². The van der Waals surface area contributed by atoms with Crippen molar-refractivity contribution in [1.29, 1.82) is 0 Å². The smallest absolute Gasteiger partial charge is 0.313 e. The van der Waals surface area contributed by atoms with Crippen LogP contribution in [0.4, 0.5) is 5.69 Å². The molecule has 1 aromatic carbocycles. The van der Waals surface area contributed by atoms with Crippen molar-refractivity contribution in [3.05, 3.63) is 40.6 Å². The molecule has 2 amide bonds. The third-order valence-electron chi connectivity index (χ3n) is 3.49. The Morgan fingerprint density at radius 3 is 2.64 bits per heavy atom. The Balaban J connectivity index is 1.87. The third kappa shape index (κ3) is 5.20. The first-order valence-electron chi connectivity index (χ1n) is 7.56. The number of aliphatic hydroxyl groups excluding tert-OH is 1. The van der Waals surface area contributed by atoms with Crippen LogP contribution in [0.2, 0.25) is 0 Å². The molecule has 1 unspecified atom stereocenters. The molecular formula is C17H20N2O5S.